The summed E-state index contributed by atoms with van der Waals surface area (Å²) in [6, 6.07) is 16.5. The summed E-state index contributed by atoms with van der Waals surface area (Å²) in [5.74, 6) is 0.361. The summed E-state index contributed by atoms with van der Waals surface area (Å²) < 4.78 is 16.1. The molecular formula is C21H17NO5S. The highest BCUT2D eigenvalue weighted by Crippen LogP contribution is 2.42. The van der Waals surface area contributed by atoms with Crippen LogP contribution in [0.4, 0.5) is 5.69 Å². The second-order valence-corrected chi connectivity index (χ2v) is 7.13. The highest BCUT2D eigenvalue weighted by molar-refractivity contribution is 7.17. The summed E-state index contributed by atoms with van der Waals surface area (Å²) in [5.41, 5.74) is 2.42. The maximum absolute atomic E-state index is 12.4. The number of rotatable bonds is 5. The van der Waals surface area contributed by atoms with E-state index in [0.717, 1.165) is 21.8 Å². The molecule has 7 heteroatoms. The Balaban J connectivity index is 1.41. The van der Waals surface area contributed by atoms with Crippen LogP contribution in [0.25, 0.3) is 10.4 Å². The number of benzene rings is 2. The van der Waals surface area contributed by atoms with E-state index in [4.69, 9.17) is 14.2 Å². The summed E-state index contributed by atoms with van der Waals surface area (Å²) >= 11 is 1.34. The zero-order chi connectivity index (χ0) is 19.5. The predicted molar refractivity (Wildman–Crippen MR) is 106 cm³/mol. The maximum atomic E-state index is 12.4. The molecule has 3 aromatic rings. The Morgan fingerprint density at radius 2 is 1.93 bits per heavy atom. The lowest BCUT2D eigenvalue weighted by atomic mass is 10.1. The molecule has 6 nitrogen and oxygen atoms in total. The third-order valence-corrected chi connectivity index (χ3v) is 5.43. The smallest absolute Gasteiger partial charge is 0.348 e. The van der Waals surface area contributed by atoms with Crippen LogP contribution in [0.15, 0.2) is 54.6 Å². The molecule has 1 aliphatic heterocycles. The molecule has 4 rings (SSSR count). The van der Waals surface area contributed by atoms with E-state index >= 15 is 0 Å². The first kappa shape index (κ1) is 18.1. The summed E-state index contributed by atoms with van der Waals surface area (Å²) in [6.07, 6.45) is 0. The molecule has 1 N–H and O–H groups in total. The zero-order valence-electron chi connectivity index (χ0n) is 15.1. The van der Waals surface area contributed by atoms with Crippen molar-refractivity contribution < 1.29 is 23.8 Å². The van der Waals surface area contributed by atoms with Gasteiger partial charge in [0.1, 0.15) is 23.0 Å². The number of amides is 1. The van der Waals surface area contributed by atoms with E-state index in [0.29, 0.717) is 22.9 Å². The summed E-state index contributed by atoms with van der Waals surface area (Å²) in [6.45, 7) is 0.0248. The summed E-state index contributed by atoms with van der Waals surface area (Å²) in [5, 5.41) is 2.67. The van der Waals surface area contributed by atoms with Gasteiger partial charge in [-0.3, -0.25) is 4.79 Å². The minimum atomic E-state index is -0.535. The largest absolute Gasteiger partial charge is 0.495 e. The molecule has 1 amide bonds. The van der Waals surface area contributed by atoms with Crippen molar-refractivity contribution >= 4 is 28.9 Å². The number of carbonyl (C=O) groups excluding carboxylic acids is 2. The third kappa shape index (κ3) is 3.57. The van der Waals surface area contributed by atoms with Crippen molar-refractivity contribution in [2.24, 2.45) is 0 Å². The highest BCUT2D eigenvalue weighted by Gasteiger charge is 2.23. The quantitative estimate of drug-likeness (QED) is 0.658. The molecule has 0 atom stereocenters. The third-order valence-electron chi connectivity index (χ3n) is 4.24. The van der Waals surface area contributed by atoms with E-state index in [9.17, 15) is 9.59 Å². The Morgan fingerprint density at radius 3 is 2.79 bits per heavy atom. The van der Waals surface area contributed by atoms with E-state index in [1.165, 1.54) is 18.4 Å². The number of ether oxygens (including phenoxy) is 3. The molecule has 1 aromatic heterocycles. The van der Waals surface area contributed by atoms with Crippen LogP contribution < -0.4 is 14.8 Å². The first-order valence-electron chi connectivity index (χ1n) is 8.60. The lowest BCUT2D eigenvalue weighted by molar-refractivity contribution is -0.119. The first-order valence-corrected chi connectivity index (χ1v) is 9.42. The van der Waals surface area contributed by atoms with Gasteiger partial charge in [0, 0.05) is 16.0 Å². The summed E-state index contributed by atoms with van der Waals surface area (Å²) in [4.78, 5) is 25.9. The van der Waals surface area contributed by atoms with E-state index in [1.807, 2.05) is 24.3 Å². The van der Waals surface area contributed by atoms with Crippen LogP contribution in [0, 0.1) is 0 Å². The van der Waals surface area contributed by atoms with E-state index < -0.39 is 11.9 Å². The van der Waals surface area contributed by atoms with Crippen LogP contribution in [0.5, 0.6) is 11.5 Å². The monoisotopic (exact) mass is 395 g/mol. The maximum Gasteiger partial charge on any atom is 0.348 e. The molecule has 0 saturated heterocycles. The minimum absolute atomic E-state index is 0.382. The Kier molecular flexibility index (Phi) is 4.99. The van der Waals surface area contributed by atoms with Crippen molar-refractivity contribution in [1.82, 2.24) is 0 Å². The lowest BCUT2D eigenvalue weighted by Crippen LogP contribution is -2.20. The second-order valence-electron chi connectivity index (χ2n) is 6.07. The molecule has 0 bridgehead atoms. The van der Waals surface area contributed by atoms with Crippen molar-refractivity contribution in [2.45, 2.75) is 6.61 Å². The standard InChI is InChI=1S/C21H17NO5S/c1-25-17-9-5-3-7-15(17)22-19(23)12-27-21(24)18-10-13-11-26-16-8-4-2-6-14(16)20(13)28-18/h2-10H,11-12H2,1H3,(H,22,23). The molecule has 2 heterocycles. The van der Waals surface area contributed by atoms with Crippen LogP contribution in [-0.2, 0) is 16.1 Å². The highest BCUT2D eigenvalue weighted by atomic mass is 32.1. The first-order chi connectivity index (χ1) is 13.7. The molecule has 0 saturated carbocycles. The molecule has 2 aromatic carbocycles. The molecular weight excluding hydrogens is 378 g/mol. The fourth-order valence-electron chi connectivity index (χ4n) is 2.94. The summed E-state index contributed by atoms with van der Waals surface area (Å²) in [7, 11) is 1.52. The van der Waals surface area contributed by atoms with Gasteiger partial charge in [0.15, 0.2) is 6.61 Å². The topological polar surface area (TPSA) is 73.9 Å². The van der Waals surface area contributed by atoms with Gasteiger partial charge < -0.3 is 19.5 Å². The van der Waals surface area contributed by atoms with Crippen LogP contribution >= 0.6 is 11.3 Å². The van der Waals surface area contributed by atoms with E-state index in [1.54, 1.807) is 30.3 Å². The molecule has 0 fully saturated rings. The SMILES string of the molecule is COc1ccccc1NC(=O)COC(=O)c1cc2c(s1)-c1ccccc1OC2. The van der Waals surface area contributed by atoms with Gasteiger partial charge in [-0.2, -0.15) is 0 Å². The number of methoxy groups -OCH3 is 1. The minimum Gasteiger partial charge on any atom is -0.495 e. The molecule has 0 unspecified atom stereocenters. The molecule has 1 aliphatic rings. The van der Waals surface area contributed by atoms with Crippen LogP contribution in [0.1, 0.15) is 15.2 Å². The number of hydrogen-bond donors (Lipinski definition) is 1. The van der Waals surface area contributed by atoms with Gasteiger partial charge in [0.2, 0.25) is 0 Å². The van der Waals surface area contributed by atoms with Gasteiger partial charge >= 0.3 is 5.97 Å². The molecule has 0 radical (unpaired) electrons. The van der Waals surface area contributed by atoms with Crippen molar-refractivity contribution in [2.75, 3.05) is 19.0 Å². The fourth-order valence-corrected chi connectivity index (χ4v) is 4.03. The van der Waals surface area contributed by atoms with Crippen LogP contribution in [0.2, 0.25) is 0 Å². The Morgan fingerprint density at radius 1 is 1.14 bits per heavy atom. The number of thiophene rings is 1. The van der Waals surface area contributed by atoms with Crippen molar-refractivity contribution in [3.8, 4) is 21.9 Å². The number of anilines is 1. The normalized spacial score (nSPS) is 11.6. The number of hydrogen-bond acceptors (Lipinski definition) is 6. The van der Waals surface area contributed by atoms with Crippen LogP contribution in [-0.4, -0.2) is 25.6 Å². The van der Waals surface area contributed by atoms with Crippen LogP contribution in [0.3, 0.4) is 0 Å². The fraction of sp³-hybridized carbons (Fsp3) is 0.143. The Bertz CT molecular complexity index is 1040. The van der Waals surface area contributed by atoms with E-state index in [2.05, 4.69) is 5.32 Å². The lowest BCUT2D eigenvalue weighted by Gasteiger charge is -2.16. The number of para-hydroxylation sites is 3. The number of carbonyl (C=O) groups is 2. The molecule has 28 heavy (non-hydrogen) atoms. The number of nitrogens with one attached hydrogen (secondary N) is 1. The van der Waals surface area contributed by atoms with Crippen molar-refractivity contribution in [3.63, 3.8) is 0 Å². The Hall–Kier alpha value is -3.32. The number of fused-ring (bicyclic) bond motifs is 3. The van der Waals surface area contributed by atoms with Gasteiger partial charge in [0.25, 0.3) is 5.91 Å². The van der Waals surface area contributed by atoms with Gasteiger partial charge in [0.05, 0.1) is 12.8 Å². The van der Waals surface area contributed by atoms with Gasteiger partial charge in [-0.25, -0.2) is 4.79 Å². The average molecular weight is 395 g/mol. The predicted octanol–water partition coefficient (Wildman–Crippen LogP) is 4.11. The zero-order valence-corrected chi connectivity index (χ0v) is 15.9. The van der Waals surface area contributed by atoms with Crippen molar-refractivity contribution in [1.29, 1.82) is 0 Å². The second kappa shape index (κ2) is 7.74. The molecule has 0 aliphatic carbocycles. The van der Waals surface area contributed by atoms with Crippen molar-refractivity contribution in [3.05, 3.63) is 65.0 Å². The van der Waals surface area contributed by atoms with Gasteiger partial charge in [-0.05, 0) is 30.3 Å². The molecule has 0 spiro atoms. The number of esters is 1. The average Bonchev–Trinajstić information content (AvgIpc) is 3.17. The van der Waals surface area contributed by atoms with E-state index in [-0.39, 0.29) is 6.61 Å². The van der Waals surface area contributed by atoms with Gasteiger partial charge in [-0.15, -0.1) is 11.3 Å². The molecule has 142 valence electrons. The van der Waals surface area contributed by atoms with Gasteiger partial charge in [-0.1, -0.05) is 24.3 Å². The Labute approximate surface area is 165 Å².